The third kappa shape index (κ3) is 2.53. The second-order valence-electron chi connectivity index (χ2n) is 4.46. The Morgan fingerprint density at radius 3 is 2.62 bits per heavy atom. The minimum atomic E-state index is 0.0901. The largest absolute Gasteiger partial charge is 0.437 e. The molecule has 0 unspecified atom stereocenters. The van der Waals surface area contributed by atoms with Crippen molar-refractivity contribution in [2.45, 2.75) is 13.8 Å². The van der Waals surface area contributed by atoms with Gasteiger partial charge in [0.15, 0.2) is 5.65 Å². The molecule has 3 aromatic rings. The van der Waals surface area contributed by atoms with Gasteiger partial charge in [0, 0.05) is 0 Å². The number of ether oxygens (including phenoxy) is 1. The first-order chi connectivity index (χ1) is 10.1. The molecule has 0 saturated carbocycles. The lowest BCUT2D eigenvalue weighted by molar-refractivity contribution is 0.462. The van der Waals surface area contributed by atoms with Crippen molar-refractivity contribution >= 4 is 33.3 Å². The van der Waals surface area contributed by atoms with Gasteiger partial charge < -0.3 is 4.74 Å². The zero-order valence-corrected chi connectivity index (χ0v) is 12.8. The molecule has 0 aliphatic heterocycles. The standard InChI is InChI=1S/C14H9ClN4OS/c1-7-3-9(5-16)4-8(2)10(7)20-13-11-12(17-6-21-11)18-14(15)19-13/h3-4,6H,1-2H3. The topological polar surface area (TPSA) is 71.7 Å². The molecular formula is C14H9ClN4OS. The number of halogens is 1. The number of benzene rings is 1. The molecule has 0 atom stereocenters. The summed E-state index contributed by atoms with van der Waals surface area (Å²) in [4.78, 5) is 12.3. The molecule has 0 aliphatic rings. The van der Waals surface area contributed by atoms with E-state index in [9.17, 15) is 0 Å². The van der Waals surface area contributed by atoms with Gasteiger partial charge in [0.2, 0.25) is 11.2 Å². The smallest absolute Gasteiger partial charge is 0.243 e. The van der Waals surface area contributed by atoms with E-state index in [2.05, 4.69) is 21.0 Å². The third-order valence-corrected chi connectivity index (χ3v) is 3.90. The van der Waals surface area contributed by atoms with Gasteiger partial charge in [-0.1, -0.05) is 0 Å². The number of hydrogen-bond acceptors (Lipinski definition) is 6. The number of aryl methyl sites for hydroxylation is 2. The summed E-state index contributed by atoms with van der Waals surface area (Å²) in [6, 6.07) is 5.67. The molecule has 0 saturated heterocycles. The van der Waals surface area contributed by atoms with Crippen LogP contribution in [-0.4, -0.2) is 15.0 Å². The number of fused-ring (bicyclic) bond motifs is 1. The molecule has 0 radical (unpaired) electrons. The maximum atomic E-state index is 8.98. The average molecular weight is 317 g/mol. The van der Waals surface area contributed by atoms with Gasteiger partial charge in [-0.2, -0.15) is 15.2 Å². The lowest BCUT2D eigenvalue weighted by Crippen LogP contribution is -1.96. The van der Waals surface area contributed by atoms with E-state index in [1.807, 2.05) is 13.8 Å². The highest BCUT2D eigenvalue weighted by molar-refractivity contribution is 7.17. The Kier molecular flexibility index (Phi) is 3.45. The van der Waals surface area contributed by atoms with Gasteiger partial charge in [0.25, 0.3) is 0 Å². The molecule has 0 amide bonds. The zero-order chi connectivity index (χ0) is 15.0. The van der Waals surface area contributed by atoms with Gasteiger partial charge in [-0.3, -0.25) is 0 Å². The fraction of sp³-hybridized carbons (Fsp3) is 0.143. The Morgan fingerprint density at radius 2 is 1.95 bits per heavy atom. The average Bonchev–Trinajstić information content (AvgIpc) is 2.90. The van der Waals surface area contributed by atoms with E-state index < -0.39 is 0 Å². The minimum Gasteiger partial charge on any atom is -0.437 e. The van der Waals surface area contributed by atoms with Crippen LogP contribution in [0.5, 0.6) is 11.6 Å². The van der Waals surface area contributed by atoms with Crippen LogP contribution in [0.3, 0.4) is 0 Å². The summed E-state index contributed by atoms with van der Waals surface area (Å²) in [5.74, 6) is 1.04. The van der Waals surface area contributed by atoms with Crippen LogP contribution in [0.1, 0.15) is 16.7 Å². The first-order valence-electron chi connectivity index (χ1n) is 6.04. The molecule has 3 rings (SSSR count). The number of aromatic nitrogens is 3. The van der Waals surface area contributed by atoms with Crippen molar-refractivity contribution in [3.8, 4) is 17.7 Å². The lowest BCUT2D eigenvalue weighted by Gasteiger charge is -2.11. The fourth-order valence-corrected chi connectivity index (χ4v) is 2.86. The van der Waals surface area contributed by atoms with E-state index in [4.69, 9.17) is 21.6 Å². The number of thiazole rings is 1. The van der Waals surface area contributed by atoms with Crippen LogP contribution in [0.25, 0.3) is 10.3 Å². The van der Waals surface area contributed by atoms with Gasteiger partial charge in [-0.05, 0) is 48.7 Å². The van der Waals surface area contributed by atoms with Crippen LogP contribution >= 0.6 is 22.9 Å². The Hall–Kier alpha value is -2.23. The van der Waals surface area contributed by atoms with E-state index >= 15 is 0 Å². The van der Waals surface area contributed by atoms with E-state index in [-0.39, 0.29) is 5.28 Å². The Morgan fingerprint density at radius 1 is 1.24 bits per heavy atom. The summed E-state index contributed by atoms with van der Waals surface area (Å²) in [5.41, 5.74) is 4.50. The van der Waals surface area contributed by atoms with E-state index in [1.54, 1.807) is 17.6 Å². The van der Waals surface area contributed by atoms with Crippen LogP contribution in [-0.2, 0) is 0 Å². The van der Waals surface area contributed by atoms with Crippen molar-refractivity contribution in [1.29, 1.82) is 5.26 Å². The summed E-state index contributed by atoms with van der Waals surface area (Å²) in [5, 5.41) is 9.07. The predicted octanol–water partition coefficient (Wildman–Crippen LogP) is 4.02. The second-order valence-corrected chi connectivity index (χ2v) is 5.65. The summed E-state index contributed by atoms with van der Waals surface area (Å²) in [7, 11) is 0. The first-order valence-corrected chi connectivity index (χ1v) is 7.30. The number of rotatable bonds is 2. The molecule has 5 nitrogen and oxygen atoms in total. The summed E-state index contributed by atoms with van der Waals surface area (Å²) in [6.07, 6.45) is 0. The fourth-order valence-electron chi connectivity index (χ4n) is 2.05. The molecule has 2 heterocycles. The van der Waals surface area contributed by atoms with Crippen LogP contribution in [0, 0.1) is 25.2 Å². The monoisotopic (exact) mass is 316 g/mol. The quantitative estimate of drug-likeness (QED) is 0.668. The second kappa shape index (κ2) is 5.28. The van der Waals surface area contributed by atoms with Crippen LogP contribution in [0.2, 0.25) is 5.28 Å². The molecule has 0 spiro atoms. The van der Waals surface area contributed by atoms with Crippen LogP contribution in [0.4, 0.5) is 0 Å². The van der Waals surface area contributed by atoms with Crippen LogP contribution in [0.15, 0.2) is 17.6 Å². The highest BCUT2D eigenvalue weighted by Crippen LogP contribution is 2.34. The van der Waals surface area contributed by atoms with E-state index in [0.717, 1.165) is 15.8 Å². The molecule has 0 bridgehead atoms. The first kappa shape index (κ1) is 13.7. The maximum Gasteiger partial charge on any atom is 0.243 e. The SMILES string of the molecule is Cc1cc(C#N)cc(C)c1Oc1nc(Cl)nc2ncsc12. The van der Waals surface area contributed by atoms with Gasteiger partial charge in [0.05, 0.1) is 17.1 Å². The highest BCUT2D eigenvalue weighted by Gasteiger charge is 2.14. The van der Waals surface area contributed by atoms with Crippen molar-refractivity contribution in [2.24, 2.45) is 0 Å². The summed E-state index contributed by atoms with van der Waals surface area (Å²) < 4.78 is 6.66. The maximum absolute atomic E-state index is 8.98. The lowest BCUT2D eigenvalue weighted by atomic mass is 10.1. The Labute approximate surface area is 129 Å². The molecule has 21 heavy (non-hydrogen) atoms. The van der Waals surface area contributed by atoms with Crippen molar-refractivity contribution in [3.63, 3.8) is 0 Å². The van der Waals surface area contributed by atoms with E-state index in [1.165, 1.54) is 11.3 Å². The zero-order valence-electron chi connectivity index (χ0n) is 11.2. The van der Waals surface area contributed by atoms with Gasteiger partial charge in [-0.25, -0.2) is 4.98 Å². The summed E-state index contributed by atoms with van der Waals surface area (Å²) >= 11 is 7.28. The minimum absolute atomic E-state index is 0.0901. The van der Waals surface area contributed by atoms with Crippen molar-refractivity contribution in [3.05, 3.63) is 39.6 Å². The number of nitrogens with zero attached hydrogens (tertiary/aromatic N) is 4. The van der Waals surface area contributed by atoms with Crippen LogP contribution < -0.4 is 4.74 Å². The normalized spacial score (nSPS) is 10.6. The van der Waals surface area contributed by atoms with Crippen molar-refractivity contribution in [2.75, 3.05) is 0 Å². The van der Waals surface area contributed by atoms with Crippen molar-refractivity contribution < 1.29 is 4.74 Å². The number of hydrogen-bond donors (Lipinski definition) is 0. The van der Waals surface area contributed by atoms with Gasteiger partial charge >= 0.3 is 0 Å². The molecule has 0 N–H and O–H groups in total. The molecule has 0 aliphatic carbocycles. The number of nitriles is 1. The molecule has 0 fully saturated rings. The summed E-state index contributed by atoms with van der Waals surface area (Å²) in [6.45, 7) is 3.77. The Balaban J connectivity index is 2.11. The molecular weight excluding hydrogens is 308 g/mol. The molecule has 7 heteroatoms. The Bertz CT molecular complexity index is 861. The predicted molar refractivity (Wildman–Crippen MR) is 80.9 cm³/mol. The third-order valence-electron chi connectivity index (χ3n) is 2.92. The van der Waals surface area contributed by atoms with Gasteiger partial charge in [-0.15, -0.1) is 11.3 Å². The van der Waals surface area contributed by atoms with Gasteiger partial charge in [0.1, 0.15) is 10.4 Å². The molecule has 1 aromatic carbocycles. The molecule has 2 aromatic heterocycles. The van der Waals surface area contributed by atoms with E-state index in [0.29, 0.717) is 22.8 Å². The molecule has 104 valence electrons. The van der Waals surface area contributed by atoms with Crippen molar-refractivity contribution in [1.82, 2.24) is 15.0 Å². The highest BCUT2D eigenvalue weighted by atomic mass is 35.5.